The first-order chi connectivity index (χ1) is 7.22. The molecule has 1 heterocycles. The van der Waals surface area contributed by atoms with Crippen LogP contribution >= 0.6 is 11.8 Å². The van der Waals surface area contributed by atoms with Crippen molar-refractivity contribution in [1.82, 2.24) is 5.32 Å². The van der Waals surface area contributed by atoms with Crippen LogP contribution in [0.1, 0.15) is 29.2 Å². The van der Waals surface area contributed by atoms with Crippen LogP contribution in [-0.4, -0.2) is 12.8 Å². The highest BCUT2D eigenvalue weighted by Crippen LogP contribution is 2.32. The van der Waals surface area contributed by atoms with Crippen molar-refractivity contribution in [2.24, 2.45) is 0 Å². The maximum atomic E-state index is 13.4. The molecule has 1 N–H and O–H groups in total. The van der Waals surface area contributed by atoms with Gasteiger partial charge in [0, 0.05) is 11.8 Å². The van der Waals surface area contributed by atoms with E-state index in [-0.39, 0.29) is 5.82 Å². The van der Waals surface area contributed by atoms with E-state index < -0.39 is 0 Å². The van der Waals surface area contributed by atoms with E-state index in [9.17, 15) is 4.39 Å². The fraction of sp³-hybridized carbons (Fsp3) is 0.500. The number of hydrogen-bond acceptors (Lipinski definition) is 2. The first kappa shape index (κ1) is 11.0. The van der Waals surface area contributed by atoms with E-state index >= 15 is 0 Å². The van der Waals surface area contributed by atoms with Gasteiger partial charge in [-0.25, -0.2) is 4.39 Å². The molecule has 0 amide bonds. The third-order valence-corrected chi connectivity index (χ3v) is 4.01. The second-order valence-electron chi connectivity index (χ2n) is 3.97. The Morgan fingerprint density at radius 1 is 1.47 bits per heavy atom. The lowest BCUT2D eigenvalue weighted by Crippen LogP contribution is -2.17. The van der Waals surface area contributed by atoms with Gasteiger partial charge in [-0.2, -0.15) is 11.8 Å². The van der Waals surface area contributed by atoms with Crippen LogP contribution in [0.4, 0.5) is 4.39 Å². The minimum atomic E-state index is -0.113. The molecule has 3 heteroatoms. The number of aryl methyl sites for hydroxylation is 1. The predicted octanol–water partition coefficient (Wildman–Crippen LogP) is 3.03. The van der Waals surface area contributed by atoms with Crippen LogP contribution in [0.15, 0.2) is 12.1 Å². The molecule has 1 aliphatic rings. The number of hydrogen-bond donors (Lipinski definition) is 1. The summed E-state index contributed by atoms with van der Waals surface area (Å²) in [4.78, 5) is 0. The topological polar surface area (TPSA) is 12.0 Å². The highest BCUT2D eigenvalue weighted by Gasteiger charge is 2.19. The summed E-state index contributed by atoms with van der Waals surface area (Å²) >= 11 is 1.94. The molecule has 0 aliphatic carbocycles. The largest absolute Gasteiger partial charge is 0.313 e. The Kier molecular flexibility index (Phi) is 3.32. The fourth-order valence-corrected chi connectivity index (χ4v) is 3.28. The van der Waals surface area contributed by atoms with Crippen molar-refractivity contribution < 1.29 is 4.39 Å². The molecule has 1 nitrogen and oxygen atoms in total. The summed E-state index contributed by atoms with van der Waals surface area (Å²) in [5.41, 5.74) is 3.55. The van der Waals surface area contributed by atoms with Crippen LogP contribution < -0.4 is 5.32 Å². The van der Waals surface area contributed by atoms with Gasteiger partial charge < -0.3 is 5.32 Å². The summed E-state index contributed by atoms with van der Waals surface area (Å²) < 4.78 is 13.4. The number of fused-ring (bicyclic) bond motifs is 1. The van der Waals surface area contributed by atoms with Crippen LogP contribution in [0.2, 0.25) is 0 Å². The quantitative estimate of drug-likeness (QED) is 0.788. The van der Waals surface area contributed by atoms with Gasteiger partial charge in [-0.3, -0.25) is 0 Å². The van der Waals surface area contributed by atoms with Crippen molar-refractivity contribution in [3.05, 3.63) is 34.6 Å². The molecular formula is C12H16FNS. The normalized spacial score (nSPS) is 20.9. The molecule has 0 bridgehead atoms. The molecule has 1 unspecified atom stereocenters. The first-order valence-corrected chi connectivity index (χ1v) is 6.41. The lowest BCUT2D eigenvalue weighted by molar-refractivity contribution is 0.567. The van der Waals surface area contributed by atoms with E-state index in [0.717, 1.165) is 29.1 Å². The van der Waals surface area contributed by atoms with Crippen molar-refractivity contribution >= 4 is 11.8 Å². The second-order valence-corrected chi connectivity index (χ2v) is 5.08. The van der Waals surface area contributed by atoms with Crippen LogP contribution in [-0.2, 0) is 5.75 Å². The monoisotopic (exact) mass is 225 g/mol. The predicted molar refractivity (Wildman–Crippen MR) is 63.7 cm³/mol. The van der Waals surface area contributed by atoms with Gasteiger partial charge >= 0.3 is 0 Å². The molecule has 0 radical (unpaired) electrons. The maximum Gasteiger partial charge on any atom is 0.123 e. The molecule has 1 aliphatic heterocycles. The summed E-state index contributed by atoms with van der Waals surface area (Å²) in [6.45, 7) is 2.00. The third-order valence-electron chi connectivity index (χ3n) is 2.99. The maximum absolute atomic E-state index is 13.4. The van der Waals surface area contributed by atoms with E-state index in [4.69, 9.17) is 0 Å². The minimum absolute atomic E-state index is 0.113. The van der Waals surface area contributed by atoms with Gasteiger partial charge in [0.1, 0.15) is 5.82 Å². The highest BCUT2D eigenvalue weighted by molar-refractivity contribution is 7.98. The number of benzene rings is 1. The Morgan fingerprint density at radius 2 is 2.27 bits per heavy atom. The highest BCUT2D eigenvalue weighted by atomic mass is 32.2. The molecule has 1 atom stereocenters. The summed E-state index contributed by atoms with van der Waals surface area (Å²) in [5, 5.41) is 3.27. The smallest absolute Gasteiger partial charge is 0.123 e. The lowest BCUT2D eigenvalue weighted by Gasteiger charge is -2.17. The van der Waals surface area contributed by atoms with Crippen LogP contribution in [0.25, 0.3) is 0 Å². The third kappa shape index (κ3) is 2.18. The second kappa shape index (κ2) is 4.54. The molecule has 0 spiro atoms. The van der Waals surface area contributed by atoms with Crippen molar-refractivity contribution in [2.75, 3.05) is 12.8 Å². The van der Waals surface area contributed by atoms with Gasteiger partial charge in [0.2, 0.25) is 0 Å². The van der Waals surface area contributed by atoms with Gasteiger partial charge in [-0.05, 0) is 55.0 Å². The Balaban J connectivity index is 2.50. The van der Waals surface area contributed by atoms with Crippen molar-refractivity contribution in [3.63, 3.8) is 0 Å². The van der Waals surface area contributed by atoms with Gasteiger partial charge in [0.25, 0.3) is 0 Å². The Labute approximate surface area is 94.5 Å². The van der Waals surface area contributed by atoms with E-state index in [0.29, 0.717) is 6.04 Å². The van der Waals surface area contributed by atoms with E-state index in [2.05, 4.69) is 5.32 Å². The SMILES string of the molecule is CNC1CCSCc2c(C)cc(F)cc21. The van der Waals surface area contributed by atoms with Crippen molar-refractivity contribution in [3.8, 4) is 0 Å². The molecule has 2 rings (SSSR count). The Hall–Kier alpha value is -0.540. The molecule has 82 valence electrons. The molecule has 0 saturated carbocycles. The van der Waals surface area contributed by atoms with E-state index in [1.54, 1.807) is 12.1 Å². The standard InChI is InChI=1S/C12H16FNS/c1-8-5-9(13)6-10-11(8)7-15-4-3-12(10)14-2/h5-6,12,14H,3-4,7H2,1-2H3. The van der Waals surface area contributed by atoms with Crippen LogP contribution in [0.3, 0.4) is 0 Å². The first-order valence-electron chi connectivity index (χ1n) is 5.26. The lowest BCUT2D eigenvalue weighted by atomic mass is 9.96. The zero-order valence-electron chi connectivity index (χ0n) is 9.14. The van der Waals surface area contributed by atoms with Gasteiger partial charge in [-0.1, -0.05) is 0 Å². The molecular weight excluding hydrogens is 209 g/mol. The molecule has 1 aromatic carbocycles. The molecule has 0 aromatic heterocycles. The Morgan fingerprint density at radius 3 is 3.00 bits per heavy atom. The van der Waals surface area contributed by atoms with E-state index in [1.807, 2.05) is 25.7 Å². The molecule has 15 heavy (non-hydrogen) atoms. The molecule has 0 saturated heterocycles. The minimum Gasteiger partial charge on any atom is -0.313 e. The zero-order chi connectivity index (χ0) is 10.8. The fourth-order valence-electron chi connectivity index (χ4n) is 2.14. The Bertz CT molecular complexity index is 365. The number of halogens is 1. The summed E-state index contributed by atoms with van der Waals surface area (Å²) in [6.07, 6.45) is 1.08. The van der Waals surface area contributed by atoms with Crippen LogP contribution in [0.5, 0.6) is 0 Å². The van der Waals surface area contributed by atoms with Crippen molar-refractivity contribution in [2.45, 2.75) is 25.1 Å². The van der Waals surface area contributed by atoms with Crippen molar-refractivity contribution in [1.29, 1.82) is 0 Å². The number of thioether (sulfide) groups is 1. The average molecular weight is 225 g/mol. The van der Waals surface area contributed by atoms with Gasteiger partial charge in [0.05, 0.1) is 0 Å². The summed E-state index contributed by atoms with van der Waals surface area (Å²) in [7, 11) is 1.95. The van der Waals surface area contributed by atoms with E-state index in [1.165, 1.54) is 5.56 Å². The number of rotatable bonds is 1. The average Bonchev–Trinajstić information content (AvgIpc) is 2.39. The zero-order valence-corrected chi connectivity index (χ0v) is 9.96. The summed E-state index contributed by atoms with van der Waals surface area (Å²) in [6, 6.07) is 3.64. The van der Waals surface area contributed by atoms with Crippen LogP contribution in [0, 0.1) is 12.7 Å². The molecule has 1 aromatic rings. The summed E-state index contributed by atoms with van der Waals surface area (Å²) in [5.74, 6) is 2.04. The number of nitrogens with one attached hydrogen (secondary N) is 1. The molecule has 0 fully saturated rings. The van der Waals surface area contributed by atoms with Gasteiger partial charge in [0.15, 0.2) is 0 Å². The van der Waals surface area contributed by atoms with Gasteiger partial charge in [-0.15, -0.1) is 0 Å².